The number of benzene rings is 1. The lowest BCUT2D eigenvalue weighted by Crippen LogP contribution is -2.05. The first-order valence-corrected chi connectivity index (χ1v) is 3.58. The minimum atomic E-state index is -4.34. The van der Waals surface area contributed by atoms with Gasteiger partial charge in [-0.25, -0.2) is 0 Å². The number of carbonyl (C=O) groups is 1. The molecule has 13 heavy (non-hydrogen) atoms. The molecule has 4 heteroatoms. The van der Waals surface area contributed by atoms with E-state index in [1.165, 1.54) is 13.0 Å². The van der Waals surface area contributed by atoms with E-state index in [1.54, 1.807) is 0 Å². The SMILES string of the molecule is Cc1cc(C(F)(F)F)ccc1C=O. The number of halogens is 3. The van der Waals surface area contributed by atoms with E-state index in [1.807, 2.05) is 0 Å². The molecule has 0 atom stereocenters. The highest BCUT2D eigenvalue weighted by Gasteiger charge is 2.30. The van der Waals surface area contributed by atoms with Crippen molar-refractivity contribution in [1.82, 2.24) is 0 Å². The Hall–Kier alpha value is -1.32. The van der Waals surface area contributed by atoms with Gasteiger partial charge in [-0.05, 0) is 24.6 Å². The summed E-state index contributed by atoms with van der Waals surface area (Å²) in [5.41, 5.74) is -0.103. The van der Waals surface area contributed by atoms with Crippen molar-refractivity contribution in [2.75, 3.05) is 0 Å². The van der Waals surface area contributed by atoms with Crippen molar-refractivity contribution in [2.24, 2.45) is 0 Å². The molecule has 0 fully saturated rings. The molecule has 1 nitrogen and oxygen atoms in total. The van der Waals surface area contributed by atoms with E-state index in [0.717, 1.165) is 12.1 Å². The molecule has 0 heterocycles. The van der Waals surface area contributed by atoms with Crippen LogP contribution < -0.4 is 0 Å². The molecule has 1 aromatic rings. The number of hydrogen-bond acceptors (Lipinski definition) is 1. The zero-order valence-corrected chi connectivity index (χ0v) is 6.85. The third kappa shape index (κ3) is 2.08. The van der Waals surface area contributed by atoms with Crippen LogP contribution >= 0.6 is 0 Å². The molecule has 0 amide bonds. The lowest BCUT2D eigenvalue weighted by Gasteiger charge is -2.07. The van der Waals surface area contributed by atoms with Gasteiger partial charge in [0.15, 0.2) is 0 Å². The van der Waals surface area contributed by atoms with Gasteiger partial charge in [-0.2, -0.15) is 13.2 Å². The van der Waals surface area contributed by atoms with Gasteiger partial charge in [0.25, 0.3) is 0 Å². The van der Waals surface area contributed by atoms with Crippen LogP contribution in [0.2, 0.25) is 0 Å². The zero-order chi connectivity index (χ0) is 10.1. The molecule has 0 aliphatic rings. The molecular weight excluding hydrogens is 181 g/mol. The van der Waals surface area contributed by atoms with E-state index < -0.39 is 11.7 Å². The summed E-state index contributed by atoms with van der Waals surface area (Å²) in [7, 11) is 0. The largest absolute Gasteiger partial charge is 0.416 e. The fourth-order valence-corrected chi connectivity index (χ4v) is 0.984. The van der Waals surface area contributed by atoms with Crippen LogP contribution in [0, 0.1) is 6.92 Å². The van der Waals surface area contributed by atoms with Crippen LogP contribution in [0.25, 0.3) is 0 Å². The van der Waals surface area contributed by atoms with Gasteiger partial charge in [0.1, 0.15) is 6.29 Å². The van der Waals surface area contributed by atoms with Crippen molar-refractivity contribution >= 4 is 6.29 Å². The van der Waals surface area contributed by atoms with E-state index in [4.69, 9.17) is 0 Å². The predicted octanol–water partition coefficient (Wildman–Crippen LogP) is 2.83. The Kier molecular flexibility index (Phi) is 2.40. The highest BCUT2D eigenvalue weighted by molar-refractivity contribution is 5.77. The summed E-state index contributed by atoms with van der Waals surface area (Å²) in [6, 6.07) is 3.03. The molecular formula is C9H7F3O. The quantitative estimate of drug-likeness (QED) is 0.619. The highest BCUT2D eigenvalue weighted by Crippen LogP contribution is 2.29. The molecule has 0 radical (unpaired) electrons. The van der Waals surface area contributed by atoms with Crippen LogP contribution in [0.15, 0.2) is 18.2 Å². The molecule has 0 aliphatic carbocycles. The molecule has 70 valence electrons. The Morgan fingerprint density at radius 1 is 1.31 bits per heavy atom. The van der Waals surface area contributed by atoms with Gasteiger partial charge < -0.3 is 0 Å². The van der Waals surface area contributed by atoms with Gasteiger partial charge in [0.2, 0.25) is 0 Å². The third-order valence-corrected chi connectivity index (χ3v) is 1.72. The number of hydrogen-bond donors (Lipinski definition) is 0. The van der Waals surface area contributed by atoms with E-state index in [2.05, 4.69) is 0 Å². The minimum Gasteiger partial charge on any atom is -0.298 e. The van der Waals surface area contributed by atoms with Crippen molar-refractivity contribution in [1.29, 1.82) is 0 Å². The van der Waals surface area contributed by atoms with Crippen LogP contribution in [0.4, 0.5) is 13.2 Å². The lowest BCUT2D eigenvalue weighted by atomic mass is 10.1. The summed E-state index contributed by atoms with van der Waals surface area (Å²) < 4.78 is 36.3. The Morgan fingerprint density at radius 3 is 2.31 bits per heavy atom. The van der Waals surface area contributed by atoms with Gasteiger partial charge >= 0.3 is 6.18 Å². The van der Waals surface area contributed by atoms with Crippen LogP contribution in [0.1, 0.15) is 21.5 Å². The number of aryl methyl sites for hydroxylation is 1. The summed E-state index contributed by atoms with van der Waals surface area (Å²) in [5.74, 6) is 0. The topological polar surface area (TPSA) is 17.1 Å². The fraction of sp³-hybridized carbons (Fsp3) is 0.222. The second kappa shape index (κ2) is 3.20. The molecule has 0 N–H and O–H groups in total. The average molecular weight is 188 g/mol. The molecule has 0 saturated carbocycles. The van der Waals surface area contributed by atoms with Crippen molar-refractivity contribution < 1.29 is 18.0 Å². The summed E-state index contributed by atoms with van der Waals surface area (Å²) in [5, 5.41) is 0. The Morgan fingerprint density at radius 2 is 1.92 bits per heavy atom. The summed E-state index contributed by atoms with van der Waals surface area (Å²) in [6.07, 6.45) is -3.80. The Bertz CT molecular complexity index is 328. The lowest BCUT2D eigenvalue weighted by molar-refractivity contribution is -0.137. The molecule has 0 bridgehead atoms. The van der Waals surface area contributed by atoms with Gasteiger partial charge in [-0.15, -0.1) is 0 Å². The first kappa shape index (κ1) is 9.77. The van der Waals surface area contributed by atoms with Crippen molar-refractivity contribution in [2.45, 2.75) is 13.1 Å². The summed E-state index contributed by atoms with van der Waals surface area (Å²) in [4.78, 5) is 10.3. The molecule has 0 spiro atoms. The average Bonchev–Trinajstić information content (AvgIpc) is 2.02. The van der Waals surface area contributed by atoms with Crippen molar-refractivity contribution in [3.05, 3.63) is 34.9 Å². The number of rotatable bonds is 1. The molecule has 0 aliphatic heterocycles. The predicted molar refractivity (Wildman–Crippen MR) is 41.6 cm³/mol. The van der Waals surface area contributed by atoms with Crippen LogP contribution in [-0.4, -0.2) is 6.29 Å². The Balaban J connectivity index is 3.17. The smallest absolute Gasteiger partial charge is 0.298 e. The second-order valence-electron chi connectivity index (χ2n) is 2.69. The van der Waals surface area contributed by atoms with Crippen LogP contribution in [0.5, 0.6) is 0 Å². The standard InChI is InChI=1S/C9H7F3O/c1-6-4-8(9(10,11)12)3-2-7(6)5-13/h2-5H,1H3. The number of aldehydes is 1. The number of alkyl halides is 3. The summed E-state index contributed by atoms with van der Waals surface area (Å²) >= 11 is 0. The maximum atomic E-state index is 12.1. The number of carbonyl (C=O) groups excluding carboxylic acids is 1. The van der Waals surface area contributed by atoms with Crippen molar-refractivity contribution in [3.8, 4) is 0 Å². The monoisotopic (exact) mass is 188 g/mol. The first-order valence-electron chi connectivity index (χ1n) is 3.58. The summed E-state index contributed by atoms with van der Waals surface area (Å²) in [6.45, 7) is 1.47. The van der Waals surface area contributed by atoms with Gasteiger partial charge in [0.05, 0.1) is 5.56 Å². The molecule has 0 unspecified atom stereocenters. The highest BCUT2D eigenvalue weighted by atomic mass is 19.4. The van der Waals surface area contributed by atoms with E-state index >= 15 is 0 Å². The molecule has 1 aromatic carbocycles. The maximum Gasteiger partial charge on any atom is 0.416 e. The normalized spacial score (nSPS) is 11.4. The first-order chi connectivity index (χ1) is 5.95. The fourth-order valence-electron chi connectivity index (χ4n) is 0.984. The zero-order valence-electron chi connectivity index (χ0n) is 6.85. The van der Waals surface area contributed by atoms with Gasteiger partial charge in [-0.1, -0.05) is 6.07 Å². The van der Waals surface area contributed by atoms with E-state index in [9.17, 15) is 18.0 Å². The minimum absolute atomic E-state index is 0.285. The molecule has 0 saturated heterocycles. The van der Waals surface area contributed by atoms with Gasteiger partial charge in [-0.3, -0.25) is 4.79 Å². The van der Waals surface area contributed by atoms with Crippen LogP contribution in [-0.2, 0) is 6.18 Å². The molecule has 0 aromatic heterocycles. The van der Waals surface area contributed by atoms with E-state index in [-0.39, 0.29) is 5.56 Å². The maximum absolute atomic E-state index is 12.1. The van der Waals surface area contributed by atoms with Gasteiger partial charge in [0, 0.05) is 5.56 Å². The Labute approximate surface area is 73.2 Å². The van der Waals surface area contributed by atoms with Crippen molar-refractivity contribution in [3.63, 3.8) is 0 Å². The molecule has 1 rings (SSSR count). The third-order valence-electron chi connectivity index (χ3n) is 1.72. The van der Waals surface area contributed by atoms with Crippen LogP contribution in [0.3, 0.4) is 0 Å². The van der Waals surface area contributed by atoms with E-state index in [0.29, 0.717) is 11.8 Å². The second-order valence-corrected chi connectivity index (χ2v) is 2.69.